The number of hydrogen-bond acceptors (Lipinski definition) is 2. The Labute approximate surface area is 191 Å². The second-order valence-electron chi connectivity index (χ2n) is 8.34. The number of rotatable bonds is 11. The van der Waals surface area contributed by atoms with Gasteiger partial charge in [-0.3, -0.25) is 0 Å². The summed E-state index contributed by atoms with van der Waals surface area (Å²) in [4.78, 5) is 12.5. The molecule has 32 heavy (non-hydrogen) atoms. The molecule has 0 saturated heterocycles. The minimum absolute atomic E-state index is 0.0306. The maximum Gasteiger partial charge on any atom is 0.343 e. The van der Waals surface area contributed by atoms with Crippen molar-refractivity contribution in [3.05, 3.63) is 89.2 Å². The number of carbonyl (C=O) groups excluding carboxylic acids is 1. The number of benzene rings is 3. The van der Waals surface area contributed by atoms with Gasteiger partial charge >= 0.3 is 5.97 Å². The molecule has 3 aromatic carbocycles. The number of esters is 1. The van der Waals surface area contributed by atoms with E-state index in [1.54, 1.807) is 18.2 Å². The van der Waals surface area contributed by atoms with Crippen LogP contribution in [0.25, 0.3) is 11.1 Å². The predicted octanol–water partition coefficient (Wildman–Crippen LogP) is 8.18. The molecule has 0 saturated carbocycles. The molecule has 3 rings (SSSR count). The van der Waals surface area contributed by atoms with Crippen LogP contribution in [0.5, 0.6) is 5.75 Å². The van der Waals surface area contributed by atoms with E-state index >= 15 is 0 Å². The Morgan fingerprint density at radius 3 is 1.81 bits per heavy atom. The van der Waals surface area contributed by atoms with Gasteiger partial charge in [-0.2, -0.15) is 0 Å². The van der Waals surface area contributed by atoms with Crippen LogP contribution in [0, 0.1) is 5.82 Å². The lowest BCUT2D eigenvalue weighted by Crippen LogP contribution is -2.09. The maximum absolute atomic E-state index is 14.4. The summed E-state index contributed by atoms with van der Waals surface area (Å²) in [7, 11) is 0. The van der Waals surface area contributed by atoms with E-state index in [4.69, 9.17) is 4.74 Å². The van der Waals surface area contributed by atoms with E-state index in [9.17, 15) is 9.18 Å². The average Bonchev–Trinajstić information content (AvgIpc) is 2.82. The van der Waals surface area contributed by atoms with Gasteiger partial charge in [0, 0.05) is 0 Å². The van der Waals surface area contributed by atoms with Crippen molar-refractivity contribution in [1.29, 1.82) is 0 Å². The molecule has 0 aliphatic heterocycles. The number of hydrogen-bond donors (Lipinski definition) is 0. The Hall–Kier alpha value is -2.94. The second-order valence-corrected chi connectivity index (χ2v) is 8.34. The molecule has 3 heteroatoms. The normalized spacial score (nSPS) is 10.8. The predicted molar refractivity (Wildman–Crippen MR) is 130 cm³/mol. The van der Waals surface area contributed by atoms with E-state index in [0.717, 1.165) is 48.8 Å². The zero-order chi connectivity index (χ0) is 22.8. The van der Waals surface area contributed by atoms with Gasteiger partial charge < -0.3 is 4.74 Å². The summed E-state index contributed by atoms with van der Waals surface area (Å²) in [5.41, 5.74) is 4.81. The molecule has 0 unspecified atom stereocenters. The van der Waals surface area contributed by atoms with Crippen LogP contribution in [0.15, 0.2) is 66.7 Å². The van der Waals surface area contributed by atoms with Crippen molar-refractivity contribution in [2.24, 2.45) is 0 Å². The lowest BCUT2D eigenvalue weighted by Gasteiger charge is -2.09. The molecule has 0 amide bonds. The summed E-state index contributed by atoms with van der Waals surface area (Å²) in [6.45, 7) is 4.35. The van der Waals surface area contributed by atoms with E-state index in [1.807, 2.05) is 18.2 Å². The molecule has 168 valence electrons. The van der Waals surface area contributed by atoms with Gasteiger partial charge in [0.2, 0.25) is 0 Å². The third-order valence-electron chi connectivity index (χ3n) is 5.74. The van der Waals surface area contributed by atoms with Gasteiger partial charge in [-0.05, 0) is 72.2 Å². The average molecular weight is 433 g/mol. The first-order valence-electron chi connectivity index (χ1n) is 11.8. The number of aryl methyl sites for hydroxylation is 2. The van der Waals surface area contributed by atoms with E-state index in [1.165, 1.54) is 30.9 Å². The van der Waals surface area contributed by atoms with Crippen molar-refractivity contribution in [3.63, 3.8) is 0 Å². The van der Waals surface area contributed by atoms with Gasteiger partial charge in [-0.1, -0.05) is 82.0 Å². The van der Waals surface area contributed by atoms with Crippen LogP contribution in [0.2, 0.25) is 0 Å². The molecular formula is C29H33FO2. The molecule has 0 aliphatic rings. The molecule has 0 atom stereocenters. The summed E-state index contributed by atoms with van der Waals surface area (Å²) in [6.07, 6.45) is 8.92. The van der Waals surface area contributed by atoms with Crippen molar-refractivity contribution >= 4 is 5.97 Å². The molecular weight excluding hydrogens is 399 g/mol. The topological polar surface area (TPSA) is 26.3 Å². The van der Waals surface area contributed by atoms with E-state index in [2.05, 4.69) is 38.1 Å². The SMILES string of the molecule is CCCCCc1ccc(-c2ccc(C(=O)Oc3ccc(CCCCC)cc3F)cc2)cc1. The third-order valence-corrected chi connectivity index (χ3v) is 5.74. The van der Waals surface area contributed by atoms with E-state index in [0.29, 0.717) is 5.56 Å². The van der Waals surface area contributed by atoms with Crippen molar-refractivity contribution < 1.29 is 13.9 Å². The van der Waals surface area contributed by atoms with Crippen LogP contribution in [-0.2, 0) is 12.8 Å². The zero-order valence-corrected chi connectivity index (χ0v) is 19.2. The molecule has 0 aromatic heterocycles. The Morgan fingerprint density at radius 1 is 0.719 bits per heavy atom. The Morgan fingerprint density at radius 2 is 1.25 bits per heavy atom. The van der Waals surface area contributed by atoms with Gasteiger partial charge in [0.15, 0.2) is 11.6 Å². The Kier molecular flexibility index (Phi) is 9.03. The number of halogens is 1. The van der Waals surface area contributed by atoms with Gasteiger partial charge in [-0.25, -0.2) is 9.18 Å². The zero-order valence-electron chi connectivity index (χ0n) is 19.2. The van der Waals surface area contributed by atoms with Crippen LogP contribution in [0.4, 0.5) is 4.39 Å². The van der Waals surface area contributed by atoms with Crippen LogP contribution < -0.4 is 4.74 Å². The molecule has 0 aliphatic carbocycles. The lowest BCUT2D eigenvalue weighted by molar-refractivity contribution is 0.0728. The first kappa shape index (κ1) is 23.7. The summed E-state index contributed by atoms with van der Waals surface area (Å²) >= 11 is 0. The second kappa shape index (κ2) is 12.2. The molecule has 3 aromatic rings. The first-order valence-corrected chi connectivity index (χ1v) is 11.8. The highest BCUT2D eigenvalue weighted by molar-refractivity contribution is 5.91. The van der Waals surface area contributed by atoms with Crippen LogP contribution in [0.1, 0.15) is 73.9 Å². The standard InChI is InChI=1S/C29H33FO2/c1-3-5-7-9-22-11-14-24(15-12-22)25-16-18-26(19-17-25)29(31)32-28-20-13-23(21-27(28)30)10-8-6-4-2/h11-21H,3-10H2,1-2H3. The molecule has 0 fully saturated rings. The van der Waals surface area contributed by atoms with Crippen LogP contribution >= 0.6 is 0 Å². The van der Waals surface area contributed by atoms with Crippen molar-refractivity contribution in [2.45, 2.75) is 65.2 Å². The Bertz CT molecular complexity index is 991. The highest BCUT2D eigenvalue weighted by Crippen LogP contribution is 2.24. The lowest BCUT2D eigenvalue weighted by atomic mass is 10.0. The van der Waals surface area contributed by atoms with Gasteiger partial charge in [-0.15, -0.1) is 0 Å². The quantitative estimate of drug-likeness (QED) is 0.173. The number of ether oxygens (including phenoxy) is 1. The van der Waals surface area contributed by atoms with E-state index < -0.39 is 11.8 Å². The molecule has 0 spiro atoms. The first-order chi connectivity index (χ1) is 15.6. The fourth-order valence-electron chi connectivity index (χ4n) is 3.76. The molecule has 0 N–H and O–H groups in total. The summed E-state index contributed by atoms with van der Waals surface area (Å²) in [5, 5.41) is 0. The molecule has 0 heterocycles. The number of carbonyl (C=O) groups is 1. The fourth-order valence-corrected chi connectivity index (χ4v) is 3.76. The minimum atomic E-state index is -0.555. The highest BCUT2D eigenvalue weighted by atomic mass is 19.1. The Balaban J connectivity index is 1.60. The van der Waals surface area contributed by atoms with Gasteiger partial charge in [0.05, 0.1) is 5.56 Å². The van der Waals surface area contributed by atoms with Crippen LogP contribution in [-0.4, -0.2) is 5.97 Å². The smallest absolute Gasteiger partial charge is 0.343 e. The van der Waals surface area contributed by atoms with Crippen molar-refractivity contribution in [3.8, 4) is 16.9 Å². The molecule has 2 nitrogen and oxygen atoms in total. The highest BCUT2D eigenvalue weighted by Gasteiger charge is 2.13. The number of unbranched alkanes of at least 4 members (excludes halogenated alkanes) is 4. The molecule has 0 bridgehead atoms. The van der Waals surface area contributed by atoms with E-state index in [-0.39, 0.29) is 5.75 Å². The van der Waals surface area contributed by atoms with Crippen molar-refractivity contribution in [2.75, 3.05) is 0 Å². The summed E-state index contributed by atoms with van der Waals surface area (Å²) in [6, 6.07) is 20.7. The summed E-state index contributed by atoms with van der Waals surface area (Å²) in [5.74, 6) is -1.08. The third kappa shape index (κ3) is 6.78. The maximum atomic E-state index is 14.4. The molecule has 0 radical (unpaired) electrons. The van der Waals surface area contributed by atoms with Gasteiger partial charge in [0.25, 0.3) is 0 Å². The van der Waals surface area contributed by atoms with Crippen LogP contribution in [0.3, 0.4) is 0 Å². The minimum Gasteiger partial charge on any atom is -0.420 e. The fraction of sp³-hybridized carbons (Fsp3) is 0.345. The largest absolute Gasteiger partial charge is 0.420 e. The monoisotopic (exact) mass is 432 g/mol. The van der Waals surface area contributed by atoms with Crippen molar-refractivity contribution in [1.82, 2.24) is 0 Å². The van der Waals surface area contributed by atoms with Gasteiger partial charge in [0.1, 0.15) is 0 Å². The summed E-state index contributed by atoms with van der Waals surface area (Å²) < 4.78 is 19.7.